The first-order chi connectivity index (χ1) is 9.61. The SMILES string of the molecule is CC1CN(C(=O)c2cc(Cl)cc(S(N)(=O)=O)c2Cl)CC1C. The molecule has 21 heavy (non-hydrogen) atoms. The lowest BCUT2D eigenvalue weighted by molar-refractivity contribution is 0.0785. The summed E-state index contributed by atoms with van der Waals surface area (Å²) in [5.74, 6) is 0.429. The Morgan fingerprint density at radius 2 is 1.76 bits per heavy atom. The summed E-state index contributed by atoms with van der Waals surface area (Å²) in [6.45, 7) is 5.34. The molecule has 0 spiro atoms. The second kappa shape index (κ2) is 5.76. The Labute approximate surface area is 134 Å². The minimum absolute atomic E-state index is 0.0643. The quantitative estimate of drug-likeness (QED) is 0.888. The largest absolute Gasteiger partial charge is 0.338 e. The second-order valence-corrected chi connectivity index (χ2v) is 7.82. The number of hydrogen-bond donors (Lipinski definition) is 1. The van der Waals surface area contributed by atoms with E-state index >= 15 is 0 Å². The number of nitrogens with zero attached hydrogens (tertiary/aromatic N) is 1. The highest BCUT2D eigenvalue weighted by Gasteiger charge is 2.32. The molecule has 5 nitrogen and oxygen atoms in total. The van der Waals surface area contributed by atoms with Gasteiger partial charge in [0.15, 0.2) is 0 Å². The van der Waals surface area contributed by atoms with Crippen molar-refractivity contribution in [3.63, 3.8) is 0 Å². The molecule has 1 fully saturated rings. The standard InChI is InChI=1S/C13H16Cl2N2O3S/c1-7-5-17(6-8(7)2)13(18)10-3-9(14)4-11(12(10)15)21(16,19)20/h3-4,7-8H,5-6H2,1-2H3,(H2,16,19,20). The minimum Gasteiger partial charge on any atom is -0.338 e. The monoisotopic (exact) mass is 350 g/mol. The van der Waals surface area contributed by atoms with Crippen LogP contribution in [-0.2, 0) is 10.0 Å². The van der Waals surface area contributed by atoms with Crippen molar-refractivity contribution in [3.8, 4) is 0 Å². The van der Waals surface area contributed by atoms with Crippen LogP contribution in [-0.4, -0.2) is 32.3 Å². The summed E-state index contributed by atoms with van der Waals surface area (Å²) in [6.07, 6.45) is 0. The van der Waals surface area contributed by atoms with Gasteiger partial charge in [-0.3, -0.25) is 4.79 Å². The molecule has 1 aliphatic heterocycles. The number of nitrogens with two attached hydrogens (primary N) is 1. The van der Waals surface area contributed by atoms with Gasteiger partial charge in [-0.1, -0.05) is 37.0 Å². The Balaban J connectivity index is 2.45. The first-order valence-electron chi connectivity index (χ1n) is 6.42. The number of likely N-dealkylation sites (tertiary alicyclic amines) is 1. The zero-order valence-electron chi connectivity index (χ0n) is 11.6. The van der Waals surface area contributed by atoms with Crippen LogP contribution in [0.2, 0.25) is 10.0 Å². The number of carbonyl (C=O) groups is 1. The number of hydrogen-bond acceptors (Lipinski definition) is 3. The lowest BCUT2D eigenvalue weighted by Crippen LogP contribution is -2.29. The molecule has 1 aromatic carbocycles. The van der Waals surface area contributed by atoms with Gasteiger partial charge in [0, 0.05) is 18.1 Å². The highest BCUT2D eigenvalue weighted by atomic mass is 35.5. The molecule has 2 atom stereocenters. The molecule has 0 radical (unpaired) electrons. The Hall–Kier alpha value is -0.820. The van der Waals surface area contributed by atoms with E-state index in [2.05, 4.69) is 13.8 Å². The Kier molecular flexibility index (Phi) is 4.54. The summed E-state index contributed by atoms with van der Waals surface area (Å²) < 4.78 is 23.0. The molecule has 1 aromatic rings. The van der Waals surface area contributed by atoms with Crippen LogP contribution in [0.5, 0.6) is 0 Å². The Bertz CT molecular complexity index is 681. The van der Waals surface area contributed by atoms with Crippen LogP contribution in [0, 0.1) is 11.8 Å². The molecule has 1 aliphatic rings. The Morgan fingerprint density at radius 1 is 1.24 bits per heavy atom. The van der Waals surface area contributed by atoms with Crippen molar-refractivity contribution < 1.29 is 13.2 Å². The molecule has 0 saturated carbocycles. The van der Waals surface area contributed by atoms with Crippen LogP contribution in [0.3, 0.4) is 0 Å². The van der Waals surface area contributed by atoms with Crippen molar-refractivity contribution in [2.75, 3.05) is 13.1 Å². The van der Waals surface area contributed by atoms with E-state index in [-0.39, 0.29) is 26.4 Å². The molecular weight excluding hydrogens is 335 g/mol. The topological polar surface area (TPSA) is 80.5 Å². The summed E-state index contributed by atoms with van der Waals surface area (Å²) in [5, 5.41) is 5.02. The second-order valence-electron chi connectivity index (χ2n) is 5.48. The van der Waals surface area contributed by atoms with Gasteiger partial charge in [-0.05, 0) is 24.0 Å². The number of amides is 1. The summed E-state index contributed by atoms with van der Waals surface area (Å²) in [6, 6.07) is 2.51. The average Bonchev–Trinajstić information content (AvgIpc) is 2.70. The van der Waals surface area contributed by atoms with E-state index in [1.54, 1.807) is 4.90 Å². The number of halogens is 2. The van der Waals surface area contributed by atoms with Crippen LogP contribution in [0.4, 0.5) is 0 Å². The maximum Gasteiger partial charge on any atom is 0.255 e. The van der Waals surface area contributed by atoms with Crippen LogP contribution in [0.25, 0.3) is 0 Å². The fourth-order valence-electron chi connectivity index (χ4n) is 2.39. The molecule has 0 bridgehead atoms. The highest BCUT2D eigenvalue weighted by Crippen LogP contribution is 2.31. The van der Waals surface area contributed by atoms with Crippen molar-refractivity contribution in [2.45, 2.75) is 18.7 Å². The van der Waals surface area contributed by atoms with E-state index in [4.69, 9.17) is 28.3 Å². The zero-order valence-corrected chi connectivity index (χ0v) is 14.0. The van der Waals surface area contributed by atoms with E-state index in [1.807, 2.05) is 0 Å². The summed E-state index contributed by atoms with van der Waals surface area (Å²) in [4.78, 5) is 13.9. The normalized spacial score (nSPS) is 22.6. The molecule has 1 heterocycles. The molecule has 8 heteroatoms. The molecule has 0 aliphatic carbocycles. The maximum absolute atomic E-state index is 12.5. The van der Waals surface area contributed by atoms with Crippen LogP contribution in [0.1, 0.15) is 24.2 Å². The third-order valence-electron chi connectivity index (χ3n) is 3.82. The third kappa shape index (κ3) is 3.34. The number of rotatable bonds is 2. The predicted molar refractivity (Wildman–Crippen MR) is 82.1 cm³/mol. The summed E-state index contributed by atoms with van der Waals surface area (Å²) in [5.41, 5.74) is 0.0643. The van der Waals surface area contributed by atoms with Gasteiger partial charge in [-0.25, -0.2) is 13.6 Å². The lowest BCUT2D eigenvalue weighted by atomic mass is 10.0. The van der Waals surface area contributed by atoms with E-state index in [0.717, 1.165) is 6.07 Å². The van der Waals surface area contributed by atoms with Gasteiger partial charge in [0.25, 0.3) is 5.91 Å². The average molecular weight is 351 g/mol. The molecular formula is C13H16Cl2N2O3S. The molecule has 2 rings (SSSR count). The third-order valence-corrected chi connectivity index (χ3v) is 5.49. The molecule has 116 valence electrons. The zero-order chi connectivity index (χ0) is 15.9. The van der Waals surface area contributed by atoms with Gasteiger partial charge in [0.2, 0.25) is 10.0 Å². The van der Waals surface area contributed by atoms with Crippen LogP contribution < -0.4 is 5.14 Å². The fourth-order valence-corrected chi connectivity index (χ4v) is 3.84. The smallest absolute Gasteiger partial charge is 0.255 e. The first kappa shape index (κ1) is 16.5. The minimum atomic E-state index is -4.04. The summed E-state index contributed by atoms with van der Waals surface area (Å²) >= 11 is 11.9. The molecule has 2 N–H and O–H groups in total. The van der Waals surface area contributed by atoms with Crippen molar-refractivity contribution in [1.82, 2.24) is 4.90 Å². The Morgan fingerprint density at radius 3 is 2.24 bits per heavy atom. The number of benzene rings is 1. The van der Waals surface area contributed by atoms with E-state index in [0.29, 0.717) is 24.9 Å². The first-order valence-corrected chi connectivity index (χ1v) is 8.72. The fraction of sp³-hybridized carbons (Fsp3) is 0.462. The number of carbonyl (C=O) groups excluding carboxylic acids is 1. The van der Waals surface area contributed by atoms with Gasteiger partial charge in [0.05, 0.1) is 10.6 Å². The number of primary sulfonamides is 1. The lowest BCUT2D eigenvalue weighted by Gasteiger charge is -2.18. The van der Waals surface area contributed by atoms with Crippen LogP contribution in [0.15, 0.2) is 17.0 Å². The van der Waals surface area contributed by atoms with Gasteiger partial charge in [-0.15, -0.1) is 0 Å². The van der Waals surface area contributed by atoms with Gasteiger partial charge < -0.3 is 4.90 Å². The van der Waals surface area contributed by atoms with E-state index in [1.165, 1.54) is 6.07 Å². The van der Waals surface area contributed by atoms with E-state index < -0.39 is 10.0 Å². The van der Waals surface area contributed by atoms with Crippen LogP contribution >= 0.6 is 23.2 Å². The predicted octanol–water partition coefficient (Wildman–Crippen LogP) is 2.37. The maximum atomic E-state index is 12.5. The molecule has 1 amide bonds. The molecule has 0 aromatic heterocycles. The van der Waals surface area contributed by atoms with Crippen molar-refractivity contribution in [3.05, 3.63) is 27.7 Å². The van der Waals surface area contributed by atoms with Crippen molar-refractivity contribution in [2.24, 2.45) is 17.0 Å². The number of sulfonamides is 1. The van der Waals surface area contributed by atoms with Crippen molar-refractivity contribution >= 4 is 39.1 Å². The van der Waals surface area contributed by atoms with Gasteiger partial charge >= 0.3 is 0 Å². The van der Waals surface area contributed by atoms with Crippen molar-refractivity contribution in [1.29, 1.82) is 0 Å². The molecule has 1 saturated heterocycles. The van der Waals surface area contributed by atoms with E-state index in [9.17, 15) is 13.2 Å². The molecule has 2 unspecified atom stereocenters. The highest BCUT2D eigenvalue weighted by molar-refractivity contribution is 7.89. The van der Waals surface area contributed by atoms with Gasteiger partial charge in [0.1, 0.15) is 4.90 Å². The van der Waals surface area contributed by atoms with Gasteiger partial charge in [-0.2, -0.15) is 0 Å². The summed E-state index contributed by atoms with van der Waals surface area (Å²) in [7, 11) is -4.04.